The van der Waals surface area contributed by atoms with Crippen LogP contribution in [-0.4, -0.2) is 33.6 Å². The Bertz CT molecular complexity index is 619. The lowest BCUT2D eigenvalue weighted by atomic mass is 9.85. The topological polar surface area (TPSA) is 105 Å². The number of nitro groups is 1. The molecule has 2 aliphatic rings. The predicted molar refractivity (Wildman–Crippen MR) is 78.3 cm³/mol. The summed E-state index contributed by atoms with van der Waals surface area (Å²) in [6.07, 6.45) is 4.38. The standard InChI is InChI=1S/C15H19N3O4/c1-8-12(5-11(6-16-8)18(21)22)15(20)17-14-10-3-2-9(4-10)13(14)7-19/h5-6,9-10,13-14,19H,2-4,7H2,1H3,(H,17,20). The number of hydrogen-bond acceptors (Lipinski definition) is 5. The van der Waals surface area contributed by atoms with Gasteiger partial charge in [-0.2, -0.15) is 0 Å². The third kappa shape index (κ3) is 2.45. The fourth-order valence-corrected chi connectivity index (χ4v) is 3.98. The molecule has 118 valence electrons. The van der Waals surface area contributed by atoms with Crippen molar-refractivity contribution in [3.63, 3.8) is 0 Å². The molecule has 0 saturated heterocycles. The smallest absolute Gasteiger partial charge is 0.288 e. The minimum absolute atomic E-state index is 0.0464. The van der Waals surface area contributed by atoms with Crippen LogP contribution in [-0.2, 0) is 0 Å². The molecule has 2 bridgehead atoms. The number of aliphatic hydroxyl groups excluding tert-OH is 1. The normalized spacial score (nSPS) is 29.5. The summed E-state index contributed by atoms with van der Waals surface area (Å²) in [5.74, 6) is 0.627. The van der Waals surface area contributed by atoms with Gasteiger partial charge in [-0.25, -0.2) is 0 Å². The van der Waals surface area contributed by atoms with E-state index in [1.165, 1.54) is 6.07 Å². The Balaban J connectivity index is 1.80. The Kier molecular flexibility index (Phi) is 3.82. The van der Waals surface area contributed by atoms with Crippen LogP contribution >= 0.6 is 0 Å². The van der Waals surface area contributed by atoms with Gasteiger partial charge in [0.1, 0.15) is 6.20 Å². The maximum Gasteiger partial charge on any atom is 0.288 e. The molecule has 1 aromatic rings. The molecule has 4 unspecified atom stereocenters. The van der Waals surface area contributed by atoms with E-state index in [1.807, 2.05) is 0 Å². The zero-order chi connectivity index (χ0) is 15.9. The average Bonchev–Trinajstić information content (AvgIpc) is 3.08. The molecule has 1 amide bonds. The number of aryl methyl sites for hydroxylation is 1. The Morgan fingerprint density at radius 3 is 2.91 bits per heavy atom. The summed E-state index contributed by atoms with van der Waals surface area (Å²) in [5, 5.41) is 23.4. The van der Waals surface area contributed by atoms with Gasteiger partial charge in [-0.05, 0) is 38.0 Å². The minimum Gasteiger partial charge on any atom is -0.396 e. The van der Waals surface area contributed by atoms with Crippen molar-refractivity contribution in [3.05, 3.63) is 33.6 Å². The summed E-state index contributed by atoms with van der Waals surface area (Å²) in [7, 11) is 0. The fraction of sp³-hybridized carbons (Fsp3) is 0.600. The average molecular weight is 305 g/mol. The minimum atomic E-state index is -0.558. The molecule has 4 atom stereocenters. The van der Waals surface area contributed by atoms with Gasteiger partial charge in [-0.1, -0.05) is 0 Å². The van der Waals surface area contributed by atoms with E-state index in [2.05, 4.69) is 10.3 Å². The Hall–Kier alpha value is -2.02. The molecule has 7 nitrogen and oxygen atoms in total. The molecule has 2 fully saturated rings. The van der Waals surface area contributed by atoms with Crippen molar-refractivity contribution < 1.29 is 14.8 Å². The van der Waals surface area contributed by atoms with Crippen molar-refractivity contribution in [1.82, 2.24) is 10.3 Å². The number of aliphatic hydroxyl groups is 1. The molecule has 1 aromatic heterocycles. The van der Waals surface area contributed by atoms with Crippen LogP contribution in [0.5, 0.6) is 0 Å². The third-order valence-electron chi connectivity index (χ3n) is 5.12. The van der Waals surface area contributed by atoms with Crippen molar-refractivity contribution in [2.45, 2.75) is 32.2 Å². The van der Waals surface area contributed by atoms with Gasteiger partial charge in [0.05, 0.1) is 16.2 Å². The van der Waals surface area contributed by atoms with E-state index >= 15 is 0 Å². The molecule has 2 N–H and O–H groups in total. The molecule has 2 aliphatic carbocycles. The number of nitrogens with zero attached hydrogens (tertiary/aromatic N) is 2. The van der Waals surface area contributed by atoms with Crippen molar-refractivity contribution in [3.8, 4) is 0 Å². The van der Waals surface area contributed by atoms with Crippen LogP contribution in [0.1, 0.15) is 35.3 Å². The van der Waals surface area contributed by atoms with Gasteiger partial charge in [-0.15, -0.1) is 0 Å². The number of amides is 1. The molecule has 0 aromatic carbocycles. The van der Waals surface area contributed by atoms with E-state index in [0.717, 1.165) is 25.5 Å². The lowest BCUT2D eigenvalue weighted by molar-refractivity contribution is -0.385. The highest BCUT2D eigenvalue weighted by Crippen LogP contribution is 2.48. The SMILES string of the molecule is Cc1ncc([N+](=O)[O-])cc1C(=O)NC1C2CCC(C2)C1CO. The monoisotopic (exact) mass is 305 g/mol. The van der Waals surface area contributed by atoms with Crippen LogP contribution in [0.25, 0.3) is 0 Å². The van der Waals surface area contributed by atoms with E-state index in [0.29, 0.717) is 17.5 Å². The highest BCUT2D eigenvalue weighted by atomic mass is 16.6. The van der Waals surface area contributed by atoms with Gasteiger partial charge in [-0.3, -0.25) is 19.9 Å². The molecular weight excluding hydrogens is 286 g/mol. The zero-order valence-corrected chi connectivity index (χ0v) is 12.4. The van der Waals surface area contributed by atoms with Gasteiger partial charge in [0.2, 0.25) is 0 Å². The Morgan fingerprint density at radius 2 is 2.23 bits per heavy atom. The van der Waals surface area contributed by atoms with Gasteiger partial charge in [0, 0.05) is 24.6 Å². The summed E-state index contributed by atoms with van der Waals surface area (Å²) < 4.78 is 0. The lowest BCUT2D eigenvalue weighted by Gasteiger charge is -2.30. The number of hydrogen-bond donors (Lipinski definition) is 2. The number of carbonyl (C=O) groups excluding carboxylic acids is 1. The highest BCUT2D eigenvalue weighted by molar-refractivity contribution is 5.96. The van der Waals surface area contributed by atoms with Crippen LogP contribution in [0.4, 0.5) is 5.69 Å². The first-order valence-corrected chi connectivity index (χ1v) is 7.54. The number of aromatic nitrogens is 1. The zero-order valence-electron chi connectivity index (χ0n) is 12.4. The molecule has 0 aliphatic heterocycles. The number of fused-ring (bicyclic) bond motifs is 2. The largest absolute Gasteiger partial charge is 0.396 e. The maximum absolute atomic E-state index is 12.5. The van der Waals surface area contributed by atoms with Crippen molar-refractivity contribution >= 4 is 11.6 Å². The quantitative estimate of drug-likeness (QED) is 0.646. The highest BCUT2D eigenvalue weighted by Gasteiger charge is 2.47. The fourth-order valence-electron chi connectivity index (χ4n) is 3.98. The maximum atomic E-state index is 12.5. The molecule has 1 heterocycles. The first-order chi connectivity index (χ1) is 10.5. The van der Waals surface area contributed by atoms with Crippen molar-refractivity contribution in [2.24, 2.45) is 17.8 Å². The van der Waals surface area contributed by atoms with Gasteiger partial charge >= 0.3 is 0 Å². The van der Waals surface area contributed by atoms with Crippen LogP contribution in [0.15, 0.2) is 12.3 Å². The summed E-state index contributed by atoms with van der Waals surface area (Å²) >= 11 is 0. The molecule has 7 heteroatoms. The molecule has 2 saturated carbocycles. The molecular formula is C15H19N3O4. The number of rotatable bonds is 4. The first-order valence-electron chi connectivity index (χ1n) is 7.54. The Labute approximate surface area is 127 Å². The van der Waals surface area contributed by atoms with Gasteiger partial charge in [0.15, 0.2) is 0 Å². The lowest BCUT2D eigenvalue weighted by Crippen LogP contribution is -2.45. The van der Waals surface area contributed by atoms with E-state index in [4.69, 9.17) is 0 Å². The first kappa shape index (κ1) is 14.9. The van der Waals surface area contributed by atoms with Gasteiger partial charge in [0.25, 0.3) is 11.6 Å². The number of carbonyl (C=O) groups is 1. The predicted octanol–water partition coefficient (Wildman–Crippen LogP) is 1.44. The van der Waals surface area contributed by atoms with Gasteiger partial charge < -0.3 is 10.4 Å². The second-order valence-electron chi connectivity index (χ2n) is 6.26. The van der Waals surface area contributed by atoms with E-state index in [1.54, 1.807) is 6.92 Å². The van der Waals surface area contributed by atoms with Crippen molar-refractivity contribution in [1.29, 1.82) is 0 Å². The van der Waals surface area contributed by atoms with Crippen LogP contribution < -0.4 is 5.32 Å². The van der Waals surface area contributed by atoms with E-state index in [9.17, 15) is 20.0 Å². The summed E-state index contributed by atoms with van der Waals surface area (Å²) in [6, 6.07) is 1.22. The molecule has 22 heavy (non-hydrogen) atoms. The molecule has 3 rings (SSSR count). The Morgan fingerprint density at radius 1 is 1.50 bits per heavy atom. The van der Waals surface area contributed by atoms with Crippen LogP contribution in [0.2, 0.25) is 0 Å². The molecule has 0 spiro atoms. The molecule has 0 radical (unpaired) electrons. The van der Waals surface area contributed by atoms with Crippen LogP contribution in [0.3, 0.4) is 0 Å². The van der Waals surface area contributed by atoms with Crippen LogP contribution in [0, 0.1) is 34.8 Å². The summed E-state index contributed by atoms with van der Waals surface area (Å²) in [4.78, 5) is 26.7. The van der Waals surface area contributed by atoms with E-state index in [-0.39, 0.29) is 35.7 Å². The second-order valence-corrected chi connectivity index (χ2v) is 6.26. The second kappa shape index (κ2) is 5.64. The summed E-state index contributed by atoms with van der Waals surface area (Å²) in [6.45, 7) is 1.72. The summed E-state index contributed by atoms with van der Waals surface area (Å²) in [5.41, 5.74) is 0.503. The van der Waals surface area contributed by atoms with Crippen molar-refractivity contribution in [2.75, 3.05) is 6.61 Å². The number of nitrogens with one attached hydrogen (secondary N) is 1. The third-order valence-corrected chi connectivity index (χ3v) is 5.12. The van der Waals surface area contributed by atoms with E-state index < -0.39 is 4.92 Å². The number of pyridine rings is 1.